The maximum atomic E-state index is 12.1. The minimum Gasteiger partial charge on any atom is -0.479 e. The first-order chi connectivity index (χ1) is 9.53. The Morgan fingerprint density at radius 1 is 1.24 bits per heavy atom. The van der Waals surface area contributed by atoms with E-state index in [0.29, 0.717) is 5.56 Å². The van der Waals surface area contributed by atoms with E-state index in [-0.39, 0.29) is 0 Å². The van der Waals surface area contributed by atoms with Gasteiger partial charge in [-0.25, -0.2) is 9.59 Å². The third kappa shape index (κ3) is 4.48. The normalized spacial score (nSPS) is 12.7. The number of ether oxygens (including phenoxy) is 1. The third-order valence-electron chi connectivity index (χ3n) is 3.02. The zero-order valence-electron chi connectivity index (χ0n) is 13.4. The largest absolute Gasteiger partial charge is 0.479 e. The van der Waals surface area contributed by atoms with Gasteiger partial charge in [0.2, 0.25) is 0 Å². The molecular formula is C16H23NO4. The van der Waals surface area contributed by atoms with Crippen LogP contribution in [-0.2, 0) is 9.53 Å². The Labute approximate surface area is 125 Å². The fourth-order valence-corrected chi connectivity index (χ4v) is 2.08. The van der Waals surface area contributed by atoms with Crippen LogP contribution in [0.1, 0.15) is 43.5 Å². The number of nitrogens with zero attached hydrogens (tertiary/aromatic N) is 1. The number of carboxylic acids is 1. The summed E-state index contributed by atoms with van der Waals surface area (Å²) in [6.07, 6.45) is -0.658. The fourth-order valence-electron chi connectivity index (χ4n) is 2.08. The van der Waals surface area contributed by atoms with Crippen LogP contribution in [0.15, 0.2) is 18.2 Å². The lowest BCUT2D eigenvalue weighted by molar-refractivity contribution is -0.143. The van der Waals surface area contributed by atoms with Gasteiger partial charge in [0.05, 0.1) is 0 Å². The van der Waals surface area contributed by atoms with Crippen molar-refractivity contribution in [2.45, 2.75) is 46.3 Å². The maximum Gasteiger partial charge on any atom is 0.411 e. The molecule has 0 fully saturated rings. The van der Waals surface area contributed by atoms with E-state index in [2.05, 4.69) is 0 Å². The topological polar surface area (TPSA) is 66.8 Å². The van der Waals surface area contributed by atoms with E-state index in [1.54, 1.807) is 26.8 Å². The van der Waals surface area contributed by atoms with Crippen LogP contribution in [0, 0.1) is 13.8 Å². The molecule has 0 saturated heterocycles. The van der Waals surface area contributed by atoms with Crippen LogP contribution in [-0.4, -0.2) is 34.7 Å². The SMILES string of the molecule is Cc1ccc(C(C(=O)O)N(C)C(=O)OC(C)(C)C)c(C)c1. The molecule has 1 aromatic rings. The molecule has 0 aliphatic rings. The van der Waals surface area contributed by atoms with E-state index in [9.17, 15) is 14.7 Å². The minimum absolute atomic E-state index is 0.585. The monoisotopic (exact) mass is 293 g/mol. The Hall–Kier alpha value is -2.04. The molecule has 116 valence electrons. The quantitative estimate of drug-likeness (QED) is 0.928. The van der Waals surface area contributed by atoms with Crippen molar-refractivity contribution in [2.24, 2.45) is 0 Å². The third-order valence-corrected chi connectivity index (χ3v) is 3.02. The van der Waals surface area contributed by atoms with E-state index in [1.165, 1.54) is 7.05 Å². The van der Waals surface area contributed by atoms with Crippen LogP contribution < -0.4 is 0 Å². The van der Waals surface area contributed by atoms with Crippen molar-refractivity contribution in [1.29, 1.82) is 0 Å². The summed E-state index contributed by atoms with van der Waals surface area (Å²) in [6, 6.07) is 4.40. The molecule has 0 aliphatic carbocycles. The van der Waals surface area contributed by atoms with Gasteiger partial charge in [0, 0.05) is 7.05 Å². The van der Waals surface area contributed by atoms with Crippen LogP contribution >= 0.6 is 0 Å². The van der Waals surface area contributed by atoms with Crippen LogP contribution in [0.2, 0.25) is 0 Å². The van der Waals surface area contributed by atoms with Crippen LogP contribution in [0.3, 0.4) is 0 Å². The molecule has 0 heterocycles. The first-order valence-corrected chi connectivity index (χ1v) is 6.78. The number of hydrogen-bond acceptors (Lipinski definition) is 3. The number of aliphatic carboxylic acids is 1. The number of hydrogen-bond donors (Lipinski definition) is 1. The Bertz CT molecular complexity index is 546. The average Bonchev–Trinajstić information content (AvgIpc) is 2.29. The second kappa shape index (κ2) is 6.16. The van der Waals surface area contributed by atoms with Crippen LogP contribution in [0.4, 0.5) is 4.79 Å². The molecule has 1 amide bonds. The average molecular weight is 293 g/mol. The zero-order chi connectivity index (χ0) is 16.4. The lowest BCUT2D eigenvalue weighted by atomic mass is 9.98. The van der Waals surface area contributed by atoms with Crippen LogP contribution in [0.25, 0.3) is 0 Å². The van der Waals surface area contributed by atoms with Gasteiger partial charge in [-0.1, -0.05) is 23.8 Å². The molecule has 1 unspecified atom stereocenters. The highest BCUT2D eigenvalue weighted by Crippen LogP contribution is 2.25. The smallest absolute Gasteiger partial charge is 0.411 e. The first kappa shape index (κ1) is 17.0. The summed E-state index contributed by atoms with van der Waals surface area (Å²) in [5.41, 5.74) is 1.79. The summed E-state index contributed by atoms with van der Waals surface area (Å²) < 4.78 is 5.24. The van der Waals surface area contributed by atoms with Crippen molar-refractivity contribution in [3.8, 4) is 0 Å². The first-order valence-electron chi connectivity index (χ1n) is 6.78. The molecule has 0 radical (unpaired) electrons. The van der Waals surface area contributed by atoms with Gasteiger partial charge < -0.3 is 9.84 Å². The van der Waals surface area contributed by atoms with Crippen molar-refractivity contribution in [3.63, 3.8) is 0 Å². The van der Waals surface area contributed by atoms with Gasteiger partial charge in [-0.3, -0.25) is 4.90 Å². The highest BCUT2D eigenvalue weighted by Gasteiger charge is 2.32. The molecule has 5 nitrogen and oxygen atoms in total. The number of likely N-dealkylation sites (N-methyl/N-ethyl adjacent to an activating group) is 1. The highest BCUT2D eigenvalue weighted by atomic mass is 16.6. The Kier molecular flexibility index (Phi) is 4.99. The summed E-state index contributed by atoms with van der Waals surface area (Å²) in [5.74, 6) is -1.09. The summed E-state index contributed by atoms with van der Waals surface area (Å²) in [6.45, 7) is 8.99. The minimum atomic E-state index is -1.09. The Balaban J connectivity index is 3.12. The van der Waals surface area contributed by atoms with Gasteiger partial charge in [0.25, 0.3) is 0 Å². The fraction of sp³-hybridized carbons (Fsp3) is 0.500. The number of rotatable bonds is 3. The second-order valence-corrected chi connectivity index (χ2v) is 6.19. The van der Waals surface area contributed by atoms with Gasteiger partial charge in [-0.15, -0.1) is 0 Å². The standard InChI is InChI=1S/C16H23NO4/c1-10-7-8-12(11(2)9-10)13(14(18)19)17(6)15(20)21-16(3,4)5/h7-9,13H,1-6H3,(H,18,19). The van der Waals surface area contributed by atoms with Crippen molar-refractivity contribution < 1.29 is 19.4 Å². The molecule has 0 aliphatic heterocycles. The van der Waals surface area contributed by atoms with Gasteiger partial charge in [0.15, 0.2) is 6.04 Å². The van der Waals surface area contributed by atoms with E-state index in [0.717, 1.165) is 16.0 Å². The van der Waals surface area contributed by atoms with E-state index < -0.39 is 23.7 Å². The summed E-state index contributed by atoms with van der Waals surface area (Å²) in [5, 5.41) is 9.49. The molecule has 1 aromatic carbocycles. The lowest BCUT2D eigenvalue weighted by Gasteiger charge is -2.29. The number of aryl methyl sites for hydroxylation is 2. The van der Waals surface area contributed by atoms with Crippen molar-refractivity contribution in [2.75, 3.05) is 7.05 Å². The number of carbonyl (C=O) groups excluding carboxylic acids is 1. The van der Waals surface area contributed by atoms with E-state index in [1.807, 2.05) is 26.0 Å². The molecule has 0 aromatic heterocycles. The second-order valence-electron chi connectivity index (χ2n) is 6.19. The number of amides is 1. The predicted octanol–water partition coefficient (Wildman–Crippen LogP) is 3.30. The molecule has 1 atom stereocenters. The molecule has 1 N–H and O–H groups in total. The van der Waals surface area contributed by atoms with Crippen molar-refractivity contribution in [1.82, 2.24) is 4.90 Å². The molecule has 5 heteroatoms. The Morgan fingerprint density at radius 3 is 2.24 bits per heavy atom. The summed E-state index contributed by atoms with van der Waals surface area (Å²) in [4.78, 5) is 24.8. The van der Waals surface area contributed by atoms with E-state index >= 15 is 0 Å². The van der Waals surface area contributed by atoms with Gasteiger partial charge in [-0.05, 0) is 45.7 Å². The maximum absolute atomic E-state index is 12.1. The van der Waals surface area contributed by atoms with Gasteiger partial charge in [0.1, 0.15) is 5.60 Å². The number of carboxylic acid groups (broad SMARTS) is 1. The zero-order valence-corrected chi connectivity index (χ0v) is 13.4. The summed E-state index contributed by atoms with van der Waals surface area (Å²) >= 11 is 0. The van der Waals surface area contributed by atoms with E-state index in [4.69, 9.17) is 4.74 Å². The van der Waals surface area contributed by atoms with Crippen LogP contribution in [0.5, 0.6) is 0 Å². The predicted molar refractivity (Wildman–Crippen MR) is 80.3 cm³/mol. The summed E-state index contributed by atoms with van der Waals surface area (Å²) in [7, 11) is 1.44. The molecular weight excluding hydrogens is 270 g/mol. The van der Waals surface area contributed by atoms with Crippen molar-refractivity contribution in [3.05, 3.63) is 34.9 Å². The van der Waals surface area contributed by atoms with Gasteiger partial charge >= 0.3 is 12.1 Å². The molecule has 1 rings (SSSR count). The molecule has 21 heavy (non-hydrogen) atoms. The van der Waals surface area contributed by atoms with Gasteiger partial charge in [-0.2, -0.15) is 0 Å². The molecule has 0 spiro atoms. The highest BCUT2D eigenvalue weighted by molar-refractivity contribution is 5.81. The number of benzene rings is 1. The Morgan fingerprint density at radius 2 is 1.81 bits per heavy atom. The molecule has 0 saturated carbocycles. The number of carbonyl (C=O) groups is 2. The lowest BCUT2D eigenvalue weighted by Crippen LogP contribution is -2.39. The molecule has 0 bridgehead atoms. The van der Waals surface area contributed by atoms with Crippen molar-refractivity contribution >= 4 is 12.1 Å².